The van der Waals surface area contributed by atoms with E-state index in [9.17, 15) is 0 Å². The van der Waals surface area contributed by atoms with Gasteiger partial charge >= 0.3 is 0 Å². The number of hydrogen-bond acceptors (Lipinski definition) is 2. The maximum absolute atomic E-state index is 5.66. The highest BCUT2D eigenvalue weighted by Crippen LogP contribution is 2.06. The molecule has 50 valence electrons. The predicted octanol–water partition coefficient (Wildman–Crippen LogP) is 1.38. The van der Waals surface area contributed by atoms with Gasteiger partial charge in [0.05, 0.1) is 0 Å². The minimum absolute atomic E-state index is 0.399. The van der Waals surface area contributed by atoms with Gasteiger partial charge in [0.15, 0.2) is 5.65 Å². The third-order valence-corrected chi connectivity index (χ3v) is 1.53. The number of hydrogen-bond donors (Lipinski definition) is 0. The summed E-state index contributed by atoms with van der Waals surface area (Å²) in [5.74, 6) is 0. The second-order valence-corrected chi connectivity index (χ2v) is 2.24. The molecule has 0 N–H and O–H groups in total. The van der Waals surface area contributed by atoms with Crippen molar-refractivity contribution in [2.45, 2.75) is 0 Å². The van der Waals surface area contributed by atoms with Gasteiger partial charge in [0.25, 0.3) is 0 Å². The lowest BCUT2D eigenvalue weighted by Crippen LogP contribution is -1.80. The van der Waals surface area contributed by atoms with E-state index in [0.29, 0.717) is 5.28 Å². The lowest BCUT2D eigenvalue weighted by Gasteiger charge is -1.87. The summed E-state index contributed by atoms with van der Waals surface area (Å²) in [6.07, 6.45) is 1.82. The average Bonchev–Trinajstić information content (AvgIpc) is 2.34. The molecule has 10 heavy (non-hydrogen) atoms. The molecule has 0 aliphatic rings. The molecule has 4 heteroatoms. The minimum atomic E-state index is 0.399. The van der Waals surface area contributed by atoms with E-state index in [2.05, 4.69) is 10.2 Å². The van der Waals surface area contributed by atoms with Gasteiger partial charge in [0.2, 0.25) is 5.28 Å². The van der Waals surface area contributed by atoms with E-state index in [1.807, 2.05) is 24.4 Å². The molecule has 0 aliphatic carbocycles. The minimum Gasteiger partial charge on any atom is -0.273 e. The first-order valence-corrected chi connectivity index (χ1v) is 3.21. The Hall–Kier alpha value is -1.09. The van der Waals surface area contributed by atoms with E-state index in [1.54, 1.807) is 4.40 Å². The molecule has 0 atom stereocenters. The standard InChI is InChI=1S/C6H4ClN3/c7-6-9-8-5-3-1-2-4-10(5)6/h1-4H. The molecule has 2 aromatic heterocycles. The second kappa shape index (κ2) is 1.95. The van der Waals surface area contributed by atoms with Gasteiger partial charge < -0.3 is 0 Å². The van der Waals surface area contributed by atoms with Crippen LogP contribution in [0, 0.1) is 0 Å². The van der Waals surface area contributed by atoms with E-state index in [0.717, 1.165) is 5.65 Å². The topological polar surface area (TPSA) is 30.2 Å². The number of rotatable bonds is 0. The van der Waals surface area contributed by atoms with Gasteiger partial charge in [-0.3, -0.25) is 4.40 Å². The number of fused-ring (bicyclic) bond motifs is 1. The molecule has 0 amide bonds. The fourth-order valence-corrected chi connectivity index (χ4v) is 0.993. The summed E-state index contributed by atoms with van der Waals surface area (Å²) in [6.45, 7) is 0. The number of pyridine rings is 1. The third kappa shape index (κ3) is 0.675. The zero-order valence-corrected chi connectivity index (χ0v) is 5.78. The number of aromatic nitrogens is 3. The van der Waals surface area contributed by atoms with Gasteiger partial charge in [-0.2, -0.15) is 0 Å². The Morgan fingerprint density at radius 3 is 3.00 bits per heavy atom. The lowest BCUT2D eigenvalue weighted by atomic mass is 10.5. The van der Waals surface area contributed by atoms with Crippen molar-refractivity contribution in [2.75, 3.05) is 0 Å². The molecule has 0 bridgehead atoms. The molecule has 0 aliphatic heterocycles. The van der Waals surface area contributed by atoms with Crippen LogP contribution in [-0.4, -0.2) is 14.6 Å². The summed E-state index contributed by atoms with van der Waals surface area (Å²) >= 11 is 5.66. The van der Waals surface area contributed by atoms with Gasteiger partial charge in [-0.15, -0.1) is 10.2 Å². The van der Waals surface area contributed by atoms with Crippen LogP contribution in [0.3, 0.4) is 0 Å². The van der Waals surface area contributed by atoms with Gasteiger partial charge in [-0.25, -0.2) is 0 Å². The van der Waals surface area contributed by atoms with Gasteiger partial charge in [0, 0.05) is 6.20 Å². The third-order valence-electron chi connectivity index (χ3n) is 1.27. The van der Waals surface area contributed by atoms with Crippen molar-refractivity contribution < 1.29 is 0 Å². The Kier molecular flexibility index (Phi) is 1.11. The monoisotopic (exact) mass is 153 g/mol. The van der Waals surface area contributed by atoms with E-state index < -0.39 is 0 Å². The quantitative estimate of drug-likeness (QED) is 0.573. The molecule has 0 fully saturated rings. The summed E-state index contributed by atoms with van der Waals surface area (Å²) in [6, 6.07) is 5.61. The van der Waals surface area contributed by atoms with Crippen LogP contribution in [0.4, 0.5) is 0 Å². The lowest BCUT2D eigenvalue weighted by molar-refractivity contribution is 1.10. The Bertz CT molecular complexity index is 355. The van der Waals surface area contributed by atoms with Crippen molar-refractivity contribution in [1.29, 1.82) is 0 Å². The van der Waals surface area contributed by atoms with E-state index in [-0.39, 0.29) is 0 Å². The zero-order chi connectivity index (χ0) is 6.97. The average molecular weight is 154 g/mol. The van der Waals surface area contributed by atoms with Gasteiger partial charge in [-0.05, 0) is 23.7 Å². The molecule has 0 unspecified atom stereocenters. The molecule has 0 saturated carbocycles. The van der Waals surface area contributed by atoms with Crippen molar-refractivity contribution in [3.05, 3.63) is 29.7 Å². The molecule has 0 spiro atoms. The maximum Gasteiger partial charge on any atom is 0.229 e. The summed E-state index contributed by atoms with van der Waals surface area (Å²) in [7, 11) is 0. The van der Waals surface area contributed by atoms with Gasteiger partial charge in [0.1, 0.15) is 0 Å². The summed E-state index contributed by atoms with van der Waals surface area (Å²) in [5.41, 5.74) is 0.771. The summed E-state index contributed by atoms with van der Waals surface area (Å²) in [4.78, 5) is 0. The van der Waals surface area contributed by atoms with Crippen LogP contribution in [0.1, 0.15) is 0 Å². The summed E-state index contributed by atoms with van der Waals surface area (Å²) in [5, 5.41) is 7.87. The van der Waals surface area contributed by atoms with Crippen LogP contribution in [0.15, 0.2) is 24.4 Å². The molecule has 0 radical (unpaired) electrons. The Morgan fingerprint density at radius 1 is 1.30 bits per heavy atom. The zero-order valence-electron chi connectivity index (χ0n) is 5.03. The molecular formula is C6H4ClN3. The molecule has 0 saturated heterocycles. The maximum atomic E-state index is 5.66. The first-order chi connectivity index (χ1) is 4.88. The highest BCUT2D eigenvalue weighted by molar-refractivity contribution is 6.28. The van der Waals surface area contributed by atoms with Gasteiger partial charge in [-0.1, -0.05) is 6.07 Å². The van der Waals surface area contributed by atoms with Crippen molar-refractivity contribution >= 4 is 17.2 Å². The van der Waals surface area contributed by atoms with Crippen LogP contribution in [0.25, 0.3) is 5.65 Å². The first-order valence-electron chi connectivity index (χ1n) is 2.83. The predicted molar refractivity (Wildman–Crippen MR) is 38.0 cm³/mol. The number of halogens is 1. The molecule has 2 heterocycles. The van der Waals surface area contributed by atoms with Crippen LogP contribution in [0.5, 0.6) is 0 Å². The molecule has 2 aromatic rings. The molecular weight excluding hydrogens is 150 g/mol. The first kappa shape index (κ1) is 5.68. The van der Waals surface area contributed by atoms with E-state index >= 15 is 0 Å². The smallest absolute Gasteiger partial charge is 0.229 e. The molecule has 2 rings (SSSR count). The highest BCUT2D eigenvalue weighted by atomic mass is 35.5. The van der Waals surface area contributed by atoms with Crippen molar-refractivity contribution in [3.8, 4) is 0 Å². The van der Waals surface area contributed by atoms with E-state index in [4.69, 9.17) is 11.6 Å². The van der Waals surface area contributed by atoms with Crippen LogP contribution >= 0.6 is 11.6 Å². The Balaban J connectivity index is 2.93. The van der Waals surface area contributed by atoms with Crippen molar-refractivity contribution in [3.63, 3.8) is 0 Å². The van der Waals surface area contributed by atoms with Crippen LogP contribution in [-0.2, 0) is 0 Å². The Morgan fingerprint density at radius 2 is 2.20 bits per heavy atom. The van der Waals surface area contributed by atoms with Crippen LogP contribution < -0.4 is 0 Å². The van der Waals surface area contributed by atoms with Crippen molar-refractivity contribution in [2.24, 2.45) is 0 Å². The largest absolute Gasteiger partial charge is 0.273 e. The SMILES string of the molecule is Clc1nnc2ccccn12. The number of nitrogens with zero attached hydrogens (tertiary/aromatic N) is 3. The summed E-state index contributed by atoms with van der Waals surface area (Å²) < 4.78 is 1.71. The highest BCUT2D eigenvalue weighted by Gasteiger charge is 1.97. The molecule has 3 nitrogen and oxygen atoms in total. The Labute approximate surface area is 62.3 Å². The fourth-order valence-electron chi connectivity index (χ4n) is 0.812. The molecule has 0 aromatic carbocycles. The fraction of sp³-hybridized carbons (Fsp3) is 0. The van der Waals surface area contributed by atoms with Crippen LogP contribution in [0.2, 0.25) is 5.28 Å². The van der Waals surface area contributed by atoms with Crippen molar-refractivity contribution in [1.82, 2.24) is 14.6 Å². The normalized spacial score (nSPS) is 10.5. The van der Waals surface area contributed by atoms with E-state index in [1.165, 1.54) is 0 Å². The second-order valence-electron chi connectivity index (χ2n) is 1.90.